The minimum atomic E-state index is 0.648. The van der Waals surface area contributed by atoms with Crippen LogP contribution >= 0.6 is 0 Å². The van der Waals surface area contributed by atoms with Crippen LogP contribution in [-0.2, 0) is 0 Å². The van der Waals surface area contributed by atoms with E-state index >= 15 is 0 Å². The largest absolute Gasteiger partial charge is 0.493 e. The van der Waals surface area contributed by atoms with Crippen LogP contribution in [0.5, 0.6) is 11.5 Å². The molecule has 5 nitrogen and oxygen atoms in total. The fourth-order valence-corrected chi connectivity index (χ4v) is 3.23. The highest BCUT2D eigenvalue weighted by Gasteiger charge is 2.15. The van der Waals surface area contributed by atoms with Crippen LogP contribution in [0.4, 0.5) is 5.69 Å². The van der Waals surface area contributed by atoms with Gasteiger partial charge in [0.05, 0.1) is 14.2 Å². The molecule has 0 saturated carbocycles. The minimum absolute atomic E-state index is 0.648. The number of aromatic nitrogens is 1. The summed E-state index contributed by atoms with van der Waals surface area (Å²) in [6, 6.07) is 15.5. The number of anilines is 1. The van der Waals surface area contributed by atoms with Crippen molar-refractivity contribution in [2.75, 3.05) is 20.0 Å². The van der Waals surface area contributed by atoms with Crippen LogP contribution in [0.3, 0.4) is 0 Å². The summed E-state index contributed by atoms with van der Waals surface area (Å²) >= 11 is 0. The number of nitrogens with two attached hydrogens (primary N) is 1. The van der Waals surface area contributed by atoms with Crippen LogP contribution < -0.4 is 15.2 Å². The molecule has 0 bridgehead atoms. The van der Waals surface area contributed by atoms with Crippen molar-refractivity contribution in [1.82, 2.24) is 4.98 Å². The maximum absolute atomic E-state index is 6.21. The molecule has 0 saturated heterocycles. The average molecular weight is 360 g/mol. The minimum Gasteiger partial charge on any atom is -0.493 e. The van der Waals surface area contributed by atoms with Crippen molar-refractivity contribution >= 4 is 16.8 Å². The van der Waals surface area contributed by atoms with Crippen LogP contribution in [0.1, 0.15) is 5.56 Å². The molecule has 0 radical (unpaired) electrons. The van der Waals surface area contributed by atoms with E-state index in [0.29, 0.717) is 17.3 Å². The molecule has 0 aliphatic carbocycles. The number of nitrogen functional groups attached to an aromatic ring is 1. The van der Waals surface area contributed by atoms with E-state index in [1.54, 1.807) is 20.4 Å². The Morgan fingerprint density at radius 3 is 2.52 bits per heavy atom. The SMILES string of the molecule is COc1ccc(-c2cc3nccc(-c4cccc(N)c4C)c3o2)cc1OC. The number of furan rings is 1. The summed E-state index contributed by atoms with van der Waals surface area (Å²) in [7, 11) is 3.23. The Balaban J connectivity index is 1.88. The van der Waals surface area contributed by atoms with Gasteiger partial charge in [-0.2, -0.15) is 0 Å². The van der Waals surface area contributed by atoms with Gasteiger partial charge in [0.15, 0.2) is 17.1 Å². The van der Waals surface area contributed by atoms with E-state index in [-0.39, 0.29) is 0 Å². The number of pyridine rings is 1. The van der Waals surface area contributed by atoms with Gasteiger partial charge in [0, 0.05) is 29.1 Å². The molecule has 27 heavy (non-hydrogen) atoms. The van der Waals surface area contributed by atoms with Gasteiger partial charge < -0.3 is 19.6 Å². The highest BCUT2D eigenvalue weighted by atomic mass is 16.5. The normalized spacial score (nSPS) is 10.9. The number of benzene rings is 2. The fraction of sp³-hybridized carbons (Fsp3) is 0.136. The van der Waals surface area contributed by atoms with Crippen molar-refractivity contribution in [1.29, 1.82) is 0 Å². The Morgan fingerprint density at radius 1 is 0.926 bits per heavy atom. The number of nitrogens with zero attached hydrogens (tertiary/aromatic N) is 1. The molecule has 5 heteroatoms. The number of hydrogen-bond donors (Lipinski definition) is 1. The zero-order chi connectivity index (χ0) is 19.0. The summed E-state index contributed by atoms with van der Waals surface area (Å²) in [4.78, 5) is 4.46. The van der Waals surface area contributed by atoms with Crippen molar-refractivity contribution in [3.8, 4) is 33.9 Å². The fourth-order valence-electron chi connectivity index (χ4n) is 3.23. The molecule has 4 rings (SSSR count). The summed E-state index contributed by atoms with van der Waals surface area (Å²) < 4.78 is 16.9. The predicted octanol–water partition coefficient (Wildman–Crippen LogP) is 5.07. The molecule has 0 atom stereocenters. The molecule has 2 aromatic heterocycles. The third-order valence-electron chi connectivity index (χ3n) is 4.75. The average Bonchev–Trinajstić information content (AvgIpc) is 3.14. The van der Waals surface area contributed by atoms with Crippen LogP contribution in [-0.4, -0.2) is 19.2 Å². The van der Waals surface area contributed by atoms with E-state index in [0.717, 1.165) is 39.0 Å². The lowest BCUT2D eigenvalue weighted by molar-refractivity contribution is 0.355. The first-order valence-corrected chi connectivity index (χ1v) is 8.58. The molecule has 2 heterocycles. The predicted molar refractivity (Wildman–Crippen MR) is 107 cm³/mol. The van der Waals surface area contributed by atoms with Crippen molar-refractivity contribution in [2.24, 2.45) is 0 Å². The maximum Gasteiger partial charge on any atom is 0.161 e. The van der Waals surface area contributed by atoms with Gasteiger partial charge in [0.1, 0.15) is 11.3 Å². The summed E-state index contributed by atoms with van der Waals surface area (Å²) in [5.74, 6) is 2.04. The molecule has 0 unspecified atom stereocenters. The van der Waals surface area contributed by atoms with Crippen molar-refractivity contribution in [3.63, 3.8) is 0 Å². The van der Waals surface area contributed by atoms with Gasteiger partial charge in [0.25, 0.3) is 0 Å². The quantitative estimate of drug-likeness (QED) is 0.515. The van der Waals surface area contributed by atoms with Gasteiger partial charge in [-0.05, 0) is 48.4 Å². The molecule has 0 fully saturated rings. The van der Waals surface area contributed by atoms with Crippen molar-refractivity contribution < 1.29 is 13.9 Å². The number of methoxy groups -OCH3 is 2. The highest BCUT2D eigenvalue weighted by molar-refractivity contribution is 5.94. The second kappa shape index (κ2) is 6.68. The highest BCUT2D eigenvalue weighted by Crippen LogP contribution is 2.38. The lowest BCUT2D eigenvalue weighted by Gasteiger charge is -2.09. The molecule has 0 aliphatic heterocycles. The number of hydrogen-bond acceptors (Lipinski definition) is 5. The Bertz CT molecular complexity index is 1130. The zero-order valence-electron chi connectivity index (χ0n) is 15.4. The van der Waals surface area contributed by atoms with E-state index in [1.165, 1.54) is 0 Å². The first kappa shape index (κ1) is 17.0. The van der Waals surface area contributed by atoms with Crippen LogP contribution in [0, 0.1) is 6.92 Å². The van der Waals surface area contributed by atoms with Crippen LogP contribution in [0.2, 0.25) is 0 Å². The standard InChI is InChI=1S/C22H20N2O3/c1-13-15(5-4-6-17(13)23)16-9-10-24-18-12-20(27-22(16)18)14-7-8-19(25-2)21(11-14)26-3/h4-12H,23H2,1-3H3. The maximum atomic E-state index is 6.21. The van der Waals surface area contributed by atoms with Crippen LogP contribution in [0.15, 0.2) is 59.1 Å². The van der Waals surface area contributed by atoms with E-state index in [9.17, 15) is 0 Å². The monoisotopic (exact) mass is 360 g/mol. The first-order valence-electron chi connectivity index (χ1n) is 8.58. The third-order valence-corrected chi connectivity index (χ3v) is 4.75. The topological polar surface area (TPSA) is 70.5 Å². The second-order valence-electron chi connectivity index (χ2n) is 6.27. The van der Waals surface area contributed by atoms with Gasteiger partial charge in [-0.1, -0.05) is 12.1 Å². The number of ether oxygens (including phenoxy) is 2. The summed E-state index contributed by atoms with van der Waals surface area (Å²) in [5.41, 5.74) is 12.3. The summed E-state index contributed by atoms with van der Waals surface area (Å²) in [5, 5.41) is 0. The summed E-state index contributed by atoms with van der Waals surface area (Å²) in [6.07, 6.45) is 1.79. The lowest BCUT2D eigenvalue weighted by atomic mass is 9.99. The number of fused-ring (bicyclic) bond motifs is 1. The van der Waals surface area contributed by atoms with Crippen LogP contribution in [0.25, 0.3) is 33.6 Å². The van der Waals surface area contributed by atoms with E-state index in [2.05, 4.69) is 4.98 Å². The van der Waals surface area contributed by atoms with Crippen molar-refractivity contribution in [2.45, 2.75) is 6.92 Å². The zero-order valence-corrected chi connectivity index (χ0v) is 15.4. The number of rotatable bonds is 4. The molecule has 0 amide bonds. The molecule has 0 spiro atoms. The van der Waals surface area contributed by atoms with Gasteiger partial charge in [0.2, 0.25) is 0 Å². The van der Waals surface area contributed by atoms with Crippen molar-refractivity contribution in [3.05, 3.63) is 60.3 Å². The molecule has 136 valence electrons. The molecule has 0 aliphatic rings. The smallest absolute Gasteiger partial charge is 0.161 e. The van der Waals surface area contributed by atoms with Gasteiger partial charge in [-0.25, -0.2) is 0 Å². The first-order chi connectivity index (χ1) is 13.1. The molecule has 4 aromatic rings. The van der Waals surface area contributed by atoms with Gasteiger partial charge in [-0.3, -0.25) is 4.98 Å². The Hall–Kier alpha value is -3.47. The third kappa shape index (κ3) is 2.87. The molecular weight excluding hydrogens is 340 g/mol. The molecule has 2 N–H and O–H groups in total. The van der Waals surface area contributed by atoms with E-state index in [4.69, 9.17) is 19.6 Å². The lowest BCUT2D eigenvalue weighted by Crippen LogP contribution is -1.92. The Morgan fingerprint density at radius 2 is 1.74 bits per heavy atom. The Kier molecular flexibility index (Phi) is 4.20. The molecular formula is C22H20N2O3. The summed E-state index contributed by atoms with van der Waals surface area (Å²) in [6.45, 7) is 2.01. The van der Waals surface area contributed by atoms with Gasteiger partial charge >= 0.3 is 0 Å². The van der Waals surface area contributed by atoms with E-state index in [1.807, 2.05) is 55.5 Å². The molecule has 2 aromatic carbocycles. The van der Waals surface area contributed by atoms with E-state index < -0.39 is 0 Å². The Labute approximate surface area is 157 Å². The van der Waals surface area contributed by atoms with Gasteiger partial charge in [-0.15, -0.1) is 0 Å². The second-order valence-corrected chi connectivity index (χ2v) is 6.27.